The molecule has 0 atom stereocenters. The topological polar surface area (TPSA) is 82.5 Å². The second-order valence-electron chi connectivity index (χ2n) is 4.08. The highest BCUT2D eigenvalue weighted by Gasteiger charge is 2.25. The predicted octanol–water partition coefficient (Wildman–Crippen LogP) is -0.137. The quantitative estimate of drug-likeness (QED) is 0.665. The molecule has 0 saturated heterocycles. The van der Waals surface area contributed by atoms with Gasteiger partial charge in [-0.2, -0.15) is 0 Å². The van der Waals surface area contributed by atoms with Gasteiger partial charge in [-0.05, 0) is 25.5 Å². The number of aliphatic hydroxyl groups excluding tert-OH is 2. The van der Waals surface area contributed by atoms with Crippen LogP contribution in [0.5, 0.6) is 0 Å². The molecule has 0 fully saturated rings. The van der Waals surface area contributed by atoms with E-state index in [-0.39, 0.29) is 19.1 Å². The maximum absolute atomic E-state index is 11.8. The van der Waals surface area contributed by atoms with Crippen LogP contribution < -0.4 is 5.32 Å². The van der Waals surface area contributed by atoms with Crippen LogP contribution in [0.15, 0.2) is 18.5 Å². The number of hydrogen-bond acceptors (Lipinski definition) is 4. The van der Waals surface area contributed by atoms with Crippen molar-refractivity contribution in [3.05, 3.63) is 29.6 Å². The summed E-state index contributed by atoms with van der Waals surface area (Å²) in [5.41, 5.74) is 0.274. The SMILES string of the molecule is Cc1cncc(C(=O)NC(C)(CO)CO)c1. The largest absolute Gasteiger partial charge is 0.394 e. The van der Waals surface area contributed by atoms with Gasteiger partial charge in [0.1, 0.15) is 0 Å². The van der Waals surface area contributed by atoms with Crippen molar-refractivity contribution in [1.29, 1.82) is 0 Å². The third-order valence-corrected chi connectivity index (χ3v) is 2.25. The fourth-order valence-corrected chi connectivity index (χ4v) is 1.15. The van der Waals surface area contributed by atoms with Crippen LogP contribution in [0.25, 0.3) is 0 Å². The summed E-state index contributed by atoms with van der Waals surface area (Å²) in [6.45, 7) is 2.75. The van der Waals surface area contributed by atoms with Crippen molar-refractivity contribution >= 4 is 5.91 Å². The molecular weight excluding hydrogens is 208 g/mol. The first-order valence-electron chi connectivity index (χ1n) is 4.96. The highest BCUT2D eigenvalue weighted by molar-refractivity contribution is 5.94. The Morgan fingerprint density at radius 2 is 2.06 bits per heavy atom. The zero-order valence-electron chi connectivity index (χ0n) is 9.40. The number of hydrogen-bond donors (Lipinski definition) is 3. The van der Waals surface area contributed by atoms with Gasteiger partial charge in [0.15, 0.2) is 0 Å². The van der Waals surface area contributed by atoms with Gasteiger partial charge < -0.3 is 15.5 Å². The van der Waals surface area contributed by atoms with Crippen molar-refractivity contribution in [3.8, 4) is 0 Å². The average molecular weight is 224 g/mol. The van der Waals surface area contributed by atoms with Gasteiger partial charge in [0.25, 0.3) is 5.91 Å². The van der Waals surface area contributed by atoms with Gasteiger partial charge in [0.2, 0.25) is 0 Å². The van der Waals surface area contributed by atoms with Crippen molar-refractivity contribution in [2.24, 2.45) is 0 Å². The Kier molecular flexibility index (Phi) is 3.98. The van der Waals surface area contributed by atoms with Crippen LogP contribution in [0, 0.1) is 6.92 Å². The molecule has 0 radical (unpaired) electrons. The molecule has 0 saturated carbocycles. The Bertz CT molecular complexity index is 375. The molecule has 3 N–H and O–H groups in total. The number of aryl methyl sites for hydroxylation is 1. The monoisotopic (exact) mass is 224 g/mol. The lowest BCUT2D eigenvalue weighted by atomic mass is 10.0. The predicted molar refractivity (Wildman–Crippen MR) is 59.0 cm³/mol. The molecule has 0 aliphatic carbocycles. The maximum Gasteiger partial charge on any atom is 0.253 e. The summed E-state index contributed by atoms with van der Waals surface area (Å²) in [4.78, 5) is 15.7. The normalized spacial score (nSPS) is 11.2. The van der Waals surface area contributed by atoms with E-state index in [1.165, 1.54) is 6.20 Å². The van der Waals surface area contributed by atoms with Crippen LogP contribution in [-0.2, 0) is 0 Å². The van der Waals surface area contributed by atoms with E-state index in [1.807, 2.05) is 6.92 Å². The molecule has 1 heterocycles. The fourth-order valence-electron chi connectivity index (χ4n) is 1.15. The molecular formula is C11H16N2O3. The number of carbonyl (C=O) groups excluding carboxylic acids is 1. The first kappa shape index (κ1) is 12.6. The van der Waals surface area contributed by atoms with E-state index in [1.54, 1.807) is 19.2 Å². The molecule has 0 unspecified atom stereocenters. The highest BCUT2D eigenvalue weighted by Crippen LogP contribution is 2.06. The van der Waals surface area contributed by atoms with E-state index in [9.17, 15) is 4.79 Å². The number of carbonyl (C=O) groups is 1. The van der Waals surface area contributed by atoms with E-state index in [4.69, 9.17) is 10.2 Å². The van der Waals surface area contributed by atoms with E-state index < -0.39 is 5.54 Å². The number of amides is 1. The number of pyridine rings is 1. The molecule has 0 spiro atoms. The fraction of sp³-hybridized carbons (Fsp3) is 0.455. The lowest BCUT2D eigenvalue weighted by Crippen LogP contribution is -2.51. The van der Waals surface area contributed by atoms with Gasteiger partial charge in [0, 0.05) is 12.4 Å². The highest BCUT2D eigenvalue weighted by atomic mass is 16.3. The molecule has 5 heteroatoms. The molecule has 1 amide bonds. The van der Waals surface area contributed by atoms with Crippen molar-refractivity contribution in [2.75, 3.05) is 13.2 Å². The summed E-state index contributed by atoms with van der Waals surface area (Å²) in [6, 6.07) is 1.69. The van der Waals surface area contributed by atoms with E-state index in [2.05, 4.69) is 10.3 Å². The minimum Gasteiger partial charge on any atom is -0.394 e. The van der Waals surface area contributed by atoms with Crippen molar-refractivity contribution in [1.82, 2.24) is 10.3 Å². The van der Waals surface area contributed by atoms with Gasteiger partial charge in [0.05, 0.1) is 24.3 Å². The van der Waals surface area contributed by atoms with Crippen LogP contribution >= 0.6 is 0 Å². The van der Waals surface area contributed by atoms with E-state index in [0.717, 1.165) is 5.56 Å². The molecule has 0 bridgehead atoms. The van der Waals surface area contributed by atoms with Gasteiger partial charge >= 0.3 is 0 Å². The molecule has 88 valence electrons. The molecule has 5 nitrogen and oxygen atoms in total. The summed E-state index contributed by atoms with van der Waals surface area (Å²) in [5, 5.41) is 20.6. The molecule has 0 aromatic carbocycles. The summed E-state index contributed by atoms with van der Waals surface area (Å²) in [6.07, 6.45) is 3.09. The molecule has 1 aromatic heterocycles. The van der Waals surface area contributed by atoms with Crippen molar-refractivity contribution < 1.29 is 15.0 Å². The Hall–Kier alpha value is -1.46. The standard InChI is InChI=1S/C11H16N2O3/c1-8-3-9(5-12-4-8)10(16)13-11(2,6-14)7-15/h3-5,14-15H,6-7H2,1-2H3,(H,13,16). The van der Waals surface area contributed by atoms with Crippen LogP contribution in [0.4, 0.5) is 0 Å². The summed E-state index contributed by atoms with van der Waals surface area (Å²) < 4.78 is 0. The second-order valence-corrected chi connectivity index (χ2v) is 4.08. The number of rotatable bonds is 4. The van der Waals surface area contributed by atoms with Gasteiger partial charge in [-0.25, -0.2) is 0 Å². The number of aliphatic hydroxyl groups is 2. The first-order chi connectivity index (χ1) is 7.50. The van der Waals surface area contributed by atoms with Crippen molar-refractivity contribution in [3.63, 3.8) is 0 Å². The third-order valence-electron chi connectivity index (χ3n) is 2.25. The van der Waals surface area contributed by atoms with E-state index >= 15 is 0 Å². The molecule has 1 rings (SSSR count). The molecule has 16 heavy (non-hydrogen) atoms. The zero-order chi connectivity index (χ0) is 12.2. The Morgan fingerprint density at radius 3 is 2.56 bits per heavy atom. The van der Waals surface area contributed by atoms with Gasteiger partial charge in [-0.3, -0.25) is 9.78 Å². The lowest BCUT2D eigenvalue weighted by Gasteiger charge is -2.26. The van der Waals surface area contributed by atoms with E-state index in [0.29, 0.717) is 5.56 Å². The zero-order valence-corrected chi connectivity index (χ0v) is 9.40. The molecule has 1 aromatic rings. The number of nitrogens with zero attached hydrogens (tertiary/aromatic N) is 1. The van der Waals surface area contributed by atoms with Crippen LogP contribution in [-0.4, -0.2) is 39.9 Å². The third kappa shape index (κ3) is 3.01. The summed E-state index contributed by atoms with van der Waals surface area (Å²) >= 11 is 0. The Labute approximate surface area is 94.1 Å². The maximum atomic E-state index is 11.8. The lowest BCUT2D eigenvalue weighted by molar-refractivity contribution is 0.0723. The van der Waals surface area contributed by atoms with Crippen molar-refractivity contribution in [2.45, 2.75) is 19.4 Å². The first-order valence-corrected chi connectivity index (χ1v) is 4.96. The summed E-state index contributed by atoms with van der Waals surface area (Å²) in [5.74, 6) is -0.359. The Morgan fingerprint density at radius 1 is 1.44 bits per heavy atom. The number of nitrogens with one attached hydrogen (secondary N) is 1. The molecule has 0 aliphatic rings. The van der Waals surface area contributed by atoms with Gasteiger partial charge in [-0.1, -0.05) is 0 Å². The Balaban J connectivity index is 2.80. The van der Waals surface area contributed by atoms with Crippen LogP contribution in [0.2, 0.25) is 0 Å². The molecule has 0 aliphatic heterocycles. The van der Waals surface area contributed by atoms with Gasteiger partial charge in [-0.15, -0.1) is 0 Å². The van der Waals surface area contributed by atoms with Crippen LogP contribution in [0.3, 0.4) is 0 Å². The summed E-state index contributed by atoms with van der Waals surface area (Å²) in [7, 11) is 0. The minimum absolute atomic E-state index is 0.325. The smallest absolute Gasteiger partial charge is 0.253 e. The minimum atomic E-state index is -1.01. The second kappa shape index (κ2) is 5.05. The number of aromatic nitrogens is 1. The van der Waals surface area contributed by atoms with Crippen LogP contribution in [0.1, 0.15) is 22.8 Å². The average Bonchev–Trinajstić information content (AvgIpc) is 2.29.